The first-order valence-corrected chi connectivity index (χ1v) is 7.49. The minimum Gasteiger partial charge on any atom is -0.326 e. The summed E-state index contributed by atoms with van der Waals surface area (Å²) >= 11 is 0. The number of nitro groups is 1. The van der Waals surface area contributed by atoms with E-state index in [4.69, 9.17) is 5.73 Å². The first kappa shape index (κ1) is 14.8. The van der Waals surface area contributed by atoms with Gasteiger partial charge in [0.1, 0.15) is 0 Å². The van der Waals surface area contributed by atoms with Crippen LogP contribution < -0.4 is 10.5 Å². The molecule has 0 aromatic heterocycles. The van der Waals surface area contributed by atoms with Crippen LogP contribution in [-0.4, -0.2) is 25.9 Å². The average Bonchev–Trinajstić information content (AvgIpc) is 3.19. The van der Waals surface area contributed by atoms with Gasteiger partial charge in [-0.1, -0.05) is 6.07 Å². The van der Waals surface area contributed by atoms with Crippen LogP contribution in [0.25, 0.3) is 0 Å². The molecular weight excluding hydrogens is 289 g/mol. The fourth-order valence-corrected chi connectivity index (χ4v) is 3.12. The fraction of sp³-hybridized carbons (Fsp3) is 0.455. The third-order valence-corrected chi connectivity index (χ3v) is 4.61. The van der Waals surface area contributed by atoms with Crippen LogP contribution in [-0.2, 0) is 10.0 Å². The van der Waals surface area contributed by atoms with E-state index >= 15 is 0 Å². The maximum atomic E-state index is 13.4. The Morgan fingerprint density at radius 2 is 2.15 bits per heavy atom. The zero-order valence-electron chi connectivity index (χ0n) is 10.5. The van der Waals surface area contributed by atoms with E-state index in [2.05, 4.69) is 4.72 Å². The number of nitro benzene ring substituents is 1. The molecule has 1 aromatic carbocycles. The molecule has 1 atom stereocenters. The van der Waals surface area contributed by atoms with Crippen LogP contribution in [0.1, 0.15) is 12.8 Å². The van der Waals surface area contributed by atoms with E-state index in [0.29, 0.717) is 0 Å². The van der Waals surface area contributed by atoms with Gasteiger partial charge in [0.25, 0.3) is 0 Å². The number of nitrogens with one attached hydrogen (secondary N) is 1. The van der Waals surface area contributed by atoms with Crippen LogP contribution in [0.3, 0.4) is 0 Å². The first-order valence-electron chi connectivity index (χ1n) is 6.01. The van der Waals surface area contributed by atoms with Crippen molar-refractivity contribution < 1.29 is 17.7 Å². The highest BCUT2D eigenvalue weighted by molar-refractivity contribution is 7.89. The number of nitrogens with two attached hydrogens (primary N) is 1. The molecular formula is C11H14FN3O4S. The zero-order chi connectivity index (χ0) is 14.9. The summed E-state index contributed by atoms with van der Waals surface area (Å²) in [6.07, 6.45) is 1.89. The predicted molar refractivity (Wildman–Crippen MR) is 68.9 cm³/mol. The van der Waals surface area contributed by atoms with Crippen LogP contribution in [0.4, 0.5) is 10.1 Å². The molecule has 1 aromatic rings. The number of hydrogen-bond donors (Lipinski definition) is 2. The van der Waals surface area contributed by atoms with Gasteiger partial charge in [-0.2, -0.15) is 4.39 Å². The van der Waals surface area contributed by atoms with Crippen molar-refractivity contribution in [3.05, 3.63) is 34.1 Å². The Labute approximate surface area is 115 Å². The molecule has 1 aliphatic carbocycles. The monoisotopic (exact) mass is 303 g/mol. The molecule has 0 amide bonds. The Bertz CT molecular complexity index is 631. The third kappa shape index (κ3) is 3.11. The molecule has 1 fully saturated rings. The van der Waals surface area contributed by atoms with Gasteiger partial charge in [-0.05, 0) is 30.9 Å². The van der Waals surface area contributed by atoms with E-state index in [0.717, 1.165) is 31.0 Å². The molecule has 0 spiro atoms. The van der Waals surface area contributed by atoms with Gasteiger partial charge >= 0.3 is 5.69 Å². The van der Waals surface area contributed by atoms with Gasteiger partial charge in [-0.3, -0.25) is 10.1 Å². The van der Waals surface area contributed by atoms with Crippen molar-refractivity contribution in [2.75, 3.05) is 6.54 Å². The highest BCUT2D eigenvalue weighted by Crippen LogP contribution is 2.31. The minimum atomic E-state index is -4.17. The molecule has 0 aliphatic heterocycles. The van der Waals surface area contributed by atoms with Crippen LogP contribution in [0, 0.1) is 21.8 Å². The van der Waals surface area contributed by atoms with E-state index in [1.54, 1.807) is 0 Å². The average molecular weight is 303 g/mol. The maximum Gasteiger partial charge on any atom is 0.324 e. The zero-order valence-corrected chi connectivity index (χ0v) is 11.3. The second-order valence-corrected chi connectivity index (χ2v) is 6.43. The van der Waals surface area contributed by atoms with Crippen LogP contribution in [0.5, 0.6) is 0 Å². The van der Waals surface area contributed by atoms with Crippen LogP contribution in [0.15, 0.2) is 23.1 Å². The highest BCUT2D eigenvalue weighted by atomic mass is 32.2. The lowest BCUT2D eigenvalue weighted by Gasteiger charge is -2.12. The molecule has 0 radical (unpaired) electrons. The molecule has 0 bridgehead atoms. The largest absolute Gasteiger partial charge is 0.326 e. The number of rotatable bonds is 6. The molecule has 3 N–H and O–H groups in total. The third-order valence-electron chi connectivity index (χ3n) is 3.16. The van der Waals surface area contributed by atoms with Crippen molar-refractivity contribution in [1.82, 2.24) is 4.72 Å². The second kappa shape index (κ2) is 5.43. The summed E-state index contributed by atoms with van der Waals surface area (Å²) in [5.41, 5.74) is 4.70. The Kier molecular flexibility index (Phi) is 4.02. The molecule has 1 aliphatic rings. The Balaban J connectivity index is 2.24. The van der Waals surface area contributed by atoms with Gasteiger partial charge in [0.05, 0.1) is 4.92 Å². The van der Waals surface area contributed by atoms with Crippen molar-refractivity contribution in [1.29, 1.82) is 0 Å². The van der Waals surface area contributed by atoms with E-state index < -0.39 is 31.3 Å². The molecule has 20 heavy (non-hydrogen) atoms. The number of halogens is 1. The van der Waals surface area contributed by atoms with Gasteiger partial charge in [-0.25, -0.2) is 13.1 Å². The summed E-state index contributed by atoms with van der Waals surface area (Å²) < 4.78 is 39.6. The molecule has 2 rings (SSSR count). The smallest absolute Gasteiger partial charge is 0.324 e. The van der Waals surface area contributed by atoms with Gasteiger partial charge in [0.2, 0.25) is 15.8 Å². The van der Waals surface area contributed by atoms with Crippen molar-refractivity contribution in [3.63, 3.8) is 0 Å². The number of para-hydroxylation sites is 1. The fourth-order valence-electron chi connectivity index (χ4n) is 1.86. The van der Waals surface area contributed by atoms with Crippen molar-refractivity contribution in [2.24, 2.45) is 11.7 Å². The Morgan fingerprint density at radius 3 is 2.70 bits per heavy atom. The quantitative estimate of drug-likeness (QED) is 0.594. The predicted octanol–water partition coefficient (Wildman–Crippen LogP) is 0.750. The maximum absolute atomic E-state index is 13.4. The van der Waals surface area contributed by atoms with E-state index in [1.807, 2.05) is 0 Å². The van der Waals surface area contributed by atoms with Crippen LogP contribution in [0.2, 0.25) is 0 Å². The first-order chi connectivity index (χ1) is 9.33. The lowest BCUT2D eigenvalue weighted by Crippen LogP contribution is -2.38. The van der Waals surface area contributed by atoms with Crippen molar-refractivity contribution in [3.8, 4) is 0 Å². The van der Waals surface area contributed by atoms with Gasteiger partial charge in [0, 0.05) is 12.6 Å². The lowest BCUT2D eigenvalue weighted by molar-refractivity contribution is -0.390. The number of nitrogens with zero attached hydrogens (tertiary/aromatic N) is 1. The molecule has 1 unspecified atom stereocenters. The molecule has 110 valence electrons. The molecule has 9 heteroatoms. The topological polar surface area (TPSA) is 115 Å². The van der Waals surface area contributed by atoms with Gasteiger partial charge in [0.15, 0.2) is 4.90 Å². The summed E-state index contributed by atoms with van der Waals surface area (Å²) in [5.74, 6) is -0.912. The summed E-state index contributed by atoms with van der Waals surface area (Å²) in [6.45, 7) is -0.0271. The Morgan fingerprint density at radius 1 is 1.50 bits per heavy atom. The molecule has 0 saturated heterocycles. The Hall–Kier alpha value is -1.58. The summed E-state index contributed by atoms with van der Waals surface area (Å²) in [5, 5.41) is 10.8. The van der Waals surface area contributed by atoms with Crippen LogP contribution >= 0.6 is 0 Å². The van der Waals surface area contributed by atoms with E-state index in [1.165, 1.54) is 0 Å². The second-order valence-electron chi connectivity index (χ2n) is 4.70. The summed E-state index contributed by atoms with van der Waals surface area (Å²) in [7, 11) is -4.17. The van der Waals surface area contributed by atoms with E-state index in [-0.39, 0.29) is 18.5 Å². The molecule has 7 nitrogen and oxygen atoms in total. The van der Waals surface area contributed by atoms with Gasteiger partial charge in [-0.15, -0.1) is 0 Å². The lowest BCUT2D eigenvalue weighted by atomic mass is 10.2. The number of sulfonamides is 1. The standard InChI is InChI=1S/C11H14FN3O4S/c12-8-2-1-3-10(11(8)15(16)17)20(18,19)14-6-9(13)7-4-5-7/h1-3,7,9,14H,4-6,13H2. The van der Waals surface area contributed by atoms with Gasteiger partial charge < -0.3 is 5.73 Å². The van der Waals surface area contributed by atoms with Crippen molar-refractivity contribution >= 4 is 15.7 Å². The summed E-state index contributed by atoms with van der Waals surface area (Å²) in [6, 6.07) is 2.61. The highest BCUT2D eigenvalue weighted by Gasteiger charge is 2.32. The minimum absolute atomic E-state index is 0.0271. The normalized spacial score (nSPS) is 16.9. The molecule has 0 heterocycles. The molecule has 1 saturated carbocycles. The summed E-state index contributed by atoms with van der Waals surface area (Å²) in [4.78, 5) is 9.05. The SMILES string of the molecule is NC(CNS(=O)(=O)c1cccc(F)c1[N+](=O)[O-])C1CC1. The number of benzene rings is 1. The van der Waals surface area contributed by atoms with E-state index in [9.17, 15) is 22.9 Å². The van der Waals surface area contributed by atoms with Crippen molar-refractivity contribution in [2.45, 2.75) is 23.8 Å². The number of hydrogen-bond acceptors (Lipinski definition) is 5.